The van der Waals surface area contributed by atoms with E-state index in [1.54, 1.807) is 0 Å². The minimum absolute atomic E-state index is 0.0200. The molecule has 3 rings (SSSR count). The van der Waals surface area contributed by atoms with Crippen LogP contribution in [-0.4, -0.2) is 45.3 Å². The van der Waals surface area contributed by atoms with Crippen LogP contribution in [0.2, 0.25) is 0 Å². The van der Waals surface area contributed by atoms with E-state index >= 15 is 0 Å². The molecule has 0 radical (unpaired) electrons. The summed E-state index contributed by atoms with van der Waals surface area (Å²) in [6, 6.07) is 4.06. The van der Waals surface area contributed by atoms with Gasteiger partial charge in [0.15, 0.2) is 0 Å². The first-order chi connectivity index (χ1) is 10.3. The highest BCUT2D eigenvalue weighted by Crippen LogP contribution is 2.35. The van der Waals surface area contributed by atoms with Gasteiger partial charge in [-0.3, -0.25) is 4.79 Å². The van der Waals surface area contributed by atoms with Gasteiger partial charge in [0.1, 0.15) is 0 Å². The summed E-state index contributed by atoms with van der Waals surface area (Å²) in [5, 5.41) is 6.38. The van der Waals surface area contributed by atoms with Crippen molar-refractivity contribution in [3.63, 3.8) is 0 Å². The number of carbonyl (C=O) groups is 1. The van der Waals surface area contributed by atoms with Gasteiger partial charge in [-0.2, -0.15) is 0 Å². The first-order valence-electron chi connectivity index (χ1n) is 7.77. The van der Waals surface area contributed by atoms with E-state index in [0.717, 1.165) is 38.2 Å². The summed E-state index contributed by atoms with van der Waals surface area (Å²) < 4.78 is 5.26. The Balaban J connectivity index is 1.78. The largest absolute Gasteiger partial charge is 0.380 e. The summed E-state index contributed by atoms with van der Waals surface area (Å²) in [5.41, 5.74) is 4.64. The number of hydrogen-bond donors (Lipinski definition) is 2. The average Bonchev–Trinajstić information content (AvgIpc) is 2.80. The Kier molecular flexibility index (Phi) is 4.41. The highest BCUT2D eigenvalue weighted by Gasteiger charge is 2.28. The maximum atomic E-state index is 12.4. The fraction of sp³-hybridized carbons (Fsp3) is 0.562. The fourth-order valence-electron chi connectivity index (χ4n) is 3.18. The van der Waals surface area contributed by atoms with E-state index in [-0.39, 0.29) is 5.91 Å². The predicted molar refractivity (Wildman–Crippen MR) is 82.9 cm³/mol. The topological polar surface area (TPSA) is 53.6 Å². The summed E-state index contributed by atoms with van der Waals surface area (Å²) in [4.78, 5) is 14.8. The normalized spacial score (nSPS) is 16.5. The van der Waals surface area contributed by atoms with Crippen molar-refractivity contribution >= 4 is 11.6 Å². The lowest BCUT2D eigenvalue weighted by Crippen LogP contribution is -2.28. The Bertz CT molecular complexity index is 530. The van der Waals surface area contributed by atoms with E-state index in [0.29, 0.717) is 19.8 Å². The van der Waals surface area contributed by atoms with Crippen LogP contribution in [0.3, 0.4) is 0 Å². The highest BCUT2D eigenvalue weighted by molar-refractivity contribution is 5.98. The van der Waals surface area contributed by atoms with Crippen molar-refractivity contribution in [3.8, 4) is 0 Å². The maximum Gasteiger partial charge on any atom is 0.251 e. The van der Waals surface area contributed by atoms with Gasteiger partial charge < -0.3 is 20.3 Å². The van der Waals surface area contributed by atoms with Crippen molar-refractivity contribution in [1.82, 2.24) is 10.6 Å². The number of amides is 1. The molecule has 0 aromatic heterocycles. The van der Waals surface area contributed by atoms with E-state index in [9.17, 15) is 4.79 Å². The number of benzene rings is 1. The molecule has 0 spiro atoms. The van der Waals surface area contributed by atoms with Gasteiger partial charge in [-0.15, -0.1) is 0 Å². The third kappa shape index (κ3) is 2.89. The SMILES string of the molecule is CCOCCNC(=O)c1ccc2c3c1CCN3CCNC2. The van der Waals surface area contributed by atoms with Gasteiger partial charge in [0, 0.05) is 50.6 Å². The van der Waals surface area contributed by atoms with Crippen LogP contribution in [0.5, 0.6) is 0 Å². The molecule has 0 saturated carbocycles. The molecule has 2 aliphatic rings. The van der Waals surface area contributed by atoms with Crippen molar-refractivity contribution < 1.29 is 9.53 Å². The first kappa shape index (κ1) is 14.4. The molecule has 1 aromatic rings. The molecule has 21 heavy (non-hydrogen) atoms. The minimum atomic E-state index is 0.0200. The van der Waals surface area contributed by atoms with Gasteiger partial charge in [0.2, 0.25) is 0 Å². The maximum absolute atomic E-state index is 12.4. The quantitative estimate of drug-likeness (QED) is 0.792. The van der Waals surface area contributed by atoms with Crippen LogP contribution in [0.1, 0.15) is 28.4 Å². The zero-order valence-corrected chi connectivity index (χ0v) is 12.6. The fourth-order valence-corrected chi connectivity index (χ4v) is 3.18. The van der Waals surface area contributed by atoms with E-state index in [1.165, 1.54) is 16.8 Å². The second-order valence-electron chi connectivity index (χ2n) is 5.47. The summed E-state index contributed by atoms with van der Waals surface area (Å²) >= 11 is 0. The Morgan fingerprint density at radius 1 is 1.43 bits per heavy atom. The zero-order valence-electron chi connectivity index (χ0n) is 12.6. The highest BCUT2D eigenvalue weighted by atomic mass is 16.5. The lowest BCUT2D eigenvalue weighted by atomic mass is 10.00. The molecule has 0 atom stereocenters. The number of ether oxygens (including phenoxy) is 1. The summed E-state index contributed by atoms with van der Waals surface area (Å²) in [6.07, 6.45) is 0.970. The molecule has 1 aromatic carbocycles. The van der Waals surface area contributed by atoms with Crippen molar-refractivity contribution in [1.29, 1.82) is 0 Å². The molecule has 2 N–H and O–H groups in total. The molecule has 0 unspecified atom stereocenters. The third-order valence-corrected chi connectivity index (χ3v) is 4.17. The van der Waals surface area contributed by atoms with Gasteiger partial charge in [0.05, 0.1) is 6.61 Å². The average molecular weight is 289 g/mol. The molecule has 2 aliphatic heterocycles. The van der Waals surface area contributed by atoms with Crippen LogP contribution in [0.25, 0.3) is 0 Å². The van der Waals surface area contributed by atoms with Gasteiger partial charge in [-0.25, -0.2) is 0 Å². The molecule has 0 fully saturated rings. The smallest absolute Gasteiger partial charge is 0.251 e. The molecule has 5 nitrogen and oxygen atoms in total. The Morgan fingerprint density at radius 3 is 3.19 bits per heavy atom. The van der Waals surface area contributed by atoms with E-state index < -0.39 is 0 Å². The van der Waals surface area contributed by atoms with Crippen LogP contribution in [0.4, 0.5) is 5.69 Å². The summed E-state index contributed by atoms with van der Waals surface area (Å²) in [7, 11) is 0. The van der Waals surface area contributed by atoms with Crippen LogP contribution in [0, 0.1) is 0 Å². The number of carbonyl (C=O) groups excluding carboxylic acids is 1. The lowest BCUT2D eigenvalue weighted by Gasteiger charge is -2.19. The van der Waals surface area contributed by atoms with E-state index in [4.69, 9.17) is 4.74 Å². The Labute approximate surface area is 125 Å². The molecular formula is C16H23N3O2. The number of hydrogen-bond acceptors (Lipinski definition) is 4. The molecule has 2 heterocycles. The third-order valence-electron chi connectivity index (χ3n) is 4.17. The number of rotatable bonds is 5. The summed E-state index contributed by atoms with van der Waals surface area (Å²) in [6.45, 7) is 7.71. The zero-order chi connectivity index (χ0) is 14.7. The molecule has 1 amide bonds. The Hall–Kier alpha value is -1.59. The van der Waals surface area contributed by atoms with Crippen molar-refractivity contribution in [2.45, 2.75) is 19.9 Å². The van der Waals surface area contributed by atoms with Crippen LogP contribution >= 0.6 is 0 Å². The number of nitrogens with one attached hydrogen (secondary N) is 2. The van der Waals surface area contributed by atoms with Crippen molar-refractivity contribution in [2.75, 3.05) is 44.3 Å². The molecule has 5 heteroatoms. The number of anilines is 1. The van der Waals surface area contributed by atoms with Gasteiger partial charge in [-0.1, -0.05) is 6.07 Å². The van der Waals surface area contributed by atoms with Crippen LogP contribution < -0.4 is 15.5 Å². The van der Waals surface area contributed by atoms with Crippen molar-refractivity contribution in [3.05, 3.63) is 28.8 Å². The number of nitrogens with zero attached hydrogens (tertiary/aromatic N) is 1. The molecule has 114 valence electrons. The first-order valence-corrected chi connectivity index (χ1v) is 7.77. The molecule has 0 aliphatic carbocycles. The Morgan fingerprint density at radius 2 is 2.33 bits per heavy atom. The second kappa shape index (κ2) is 6.45. The van der Waals surface area contributed by atoms with E-state index in [2.05, 4.69) is 21.6 Å². The molecule has 0 bridgehead atoms. The van der Waals surface area contributed by atoms with Crippen LogP contribution in [-0.2, 0) is 17.7 Å². The standard InChI is InChI=1S/C16H23N3O2/c1-2-21-10-7-18-16(20)14-4-3-12-11-17-6-9-19-8-5-13(14)15(12)19/h3-4,17H,2,5-11H2,1H3,(H,18,20). The molecule has 0 saturated heterocycles. The summed E-state index contributed by atoms with van der Waals surface area (Å²) in [5.74, 6) is 0.0200. The lowest BCUT2D eigenvalue weighted by molar-refractivity contribution is 0.0922. The van der Waals surface area contributed by atoms with Crippen molar-refractivity contribution in [2.24, 2.45) is 0 Å². The van der Waals surface area contributed by atoms with Gasteiger partial charge >= 0.3 is 0 Å². The predicted octanol–water partition coefficient (Wildman–Crippen LogP) is 0.919. The van der Waals surface area contributed by atoms with Gasteiger partial charge in [0.25, 0.3) is 5.91 Å². The van der Waals surface area contributed by atoms with Crippen LogP contribution in [0.15, 0.2) is 12.1 Å². The minimum Gasteiger partial charge on any atom is -0.380 e. The van der Waals surface area contributed by atoms with Gasteiger partial charge in [-0.05, 0) is 30.5 Å². The van der Waals surface area contributed by atoms with E-state index in [1.807, 2.05) is 13.0 Å². The molecular weight excluding hydrogens is 266 g/mol. The monoisotopic (exact) mass is 289 g/mol. The second-order valence-corrected chi connectivity index (χ2v) is 5.47.